The minimum Gasteiger partial charge on any atom is -0.381 e. The first-order valence-corrected chi connectivity index (χ1v) is 6.63. The fourth-order valence-electron chi connectivity index (χ4n) is 2.33. The molecule has 2 heterocycles. The highest BCUT2D eigenvalue weighted by Crippen LogP contribution is 2.22. The summed E-state index contributed by atoms with van der Waals surface area (Å²) in [4.78, 5) is 8.01. The number of rotatable bonds is 3. The van der Waals surface area contributed by atoms with Crippen LogP contribution in [0.4, 0.5) is 20.4 Å². The monoisotopic (exact) mass is 270 g/mol. The number of hydrogen-bond donors (Lipinski definition) is 1. The Kier molecular flexibility index (Phi) is 4.19. The fourth-order valence-corrected chi connectivity index (χ4v) is 2.33. The first-order chi connectivity index (χ1) is 9.02. The SMILES string of the molecule is CCC(C)N1CCN(c2nc(N)c(F)cc2F)CC1. The Morgan fingerprint density at radius 3 is 2.47 bits per heavy atom. The number of hydrogen-bond acceptors (Lipinski definition) is 4. The Morgan fingerprint density at radius 1 is 1.26 bits per heavy atom. The Balaban J connectivity index is 2.07. The van der Waals surface area contributed by atoms with Crippen molar-refractivity contribution in [2.75, 3.05) is 36.8 Å². The van der Waals surface area contributed by atoms with Crippen molar-refractivity contribution in [3.63, 3.8) is 0 Å². The average molecular weight is 270 g/mol. The number of nitrogens with two attached hydrogens (primary N) is 1. The van der Waals surface area contributed by atoms with Crippen LogP contribution in [-0.4, -0.2) is 42.1 Å². The van der Waals surface area contributed by atoms with Crippen LogP contribution >= 0.6 is 0 Å². The topological polar surface area (TPSA) is 45.4 Å². The molecule has 0 bridgehead atoms. The predicted octanol–water partition coefficient (Wildman–Crippen LogP) is 1.86. The van der Waals surface area contributed by atoms with Crippen LogP contribution in [0.3, 0.4) is 0 Å². The zero-order valence-corrected chi connectivity index (χ0v) is 11.4. The van der Waals surface area contributed by atoms with E-state index in [9.17, 15) is 8.78 Å². The van der Waals surface area contributed by atoms with Crippen molar-refractivity contribution in [1.82, 2.24) is 9.88 Å². The quantitative estimate of drug-likeness (QED) is 0.910. The van der Waals surface area contributed by atoms with Gasteiger partial charge >= 0.3 is 0 Å². The van der Waals surface area contributed by atoms with E-state index < -0.39 is 11.6 Å². The largest absolute Gasteiger partial charge is 0.381 e. The highest BCUT2D eigenvalue weighted by atomic mass is 19.1. The van der Waals surface area contributed by atoms with Crippen LogP contribution in [0, 0.1) is 11.6 Å². The number of aromatic nitrogens is 1. The third-order valence-corrected chi connectivity index (χ3v) is 3.77. The van der Waals surface area contributed by atoms with Crippen molar-refractivity contribution >= 4 is 11.6 Å². The van der Waals surface area contributed by atoms with Gasteiger partial charge in [0.2, 0.25) is 0 Å². The summed E-state index contributed by atoms with van der Waals surface area (Å²) in [5, 5.41) is 0. The molecule has 1 atom stereocenters. The second kappa shape index (κ2) is 5.69. The third kappa shape index (κ3) is 2.94. The molecule has 4 nitrogen and oxygen atoms in total. The third-order valence-electron chi connectivity index (χ3n) is 3.77. The summed E-state index contributed by atoms with van der Waals surface area (Å²) >= 11 is 0. The normalized spacial score (nSPS) is 18.6. The van der Waals surface area contributed by atoms with Gasteiger partial charge in [0.25, 0.3) is 0 Å². The molecule has 6 heteroatoms. The molecule has 1 aliphatic rings. The van der Waals surface area contributed by atoms with Gasteiger partial charge in [0.05, 0.1) is 0 Å². The second-order valence-electron chi connectivity index (χ2n) is 4.94. The highest BCUT2D eigenvalue weighted by molar-refractivity contribution is 5.47. The Hall–Kier alpha value is -1.43. The van der Waals surface area contributed by atoms with Gasteiger partial charge in [0.1, 0.15) is 0 Å². The lowest BCUT2D eigenvalue weighted by molar-refractivity contribution is 0.192. The number of halogens is 2. The molecule has 1 fully saturated rings. The Morgan fingerprint density at radius 2 is 1.89 bits per heavy atom. The van der Waals surface area contributed by atoms with E-state index in [1.54, 1.807) is 0 Å². The summed E-state index contributed by atoms with van der Waals surface area (Å²) in [6.45, 7) is 7.41. The maximum atomic E-state index is 13.7. The van der Waals surface area contributed by atoms with E-state index in [4.69, 9.17) is 5.73 Å². The molecule has 1 aromatic rings. The second-order valence-corrected chi connectivity index (χ2v) is 4.94. The van der Waals surface area contributed by atoms with Gasteiger partial charge in [-0.05, 0) is 13.3 Å². The summed E-state index contributed by atoms with van der Waals surface area (Å²) in [5.41, 5.74) is 5.40. The van der Waals surface area contributed by atoms with Gasteiger partial charge in [-0.2, -0.15) is 0 Å². The van der Waals surface area contributed by atoms with E-state index in [0.29, 0.717) is 19.1 Å². The van der Waals surface area contributed by atoms with Gasteiger partial charge in [-0.3, -0.25) is 4.90 Å². The summed E-state index contributed by atoms with van der Waals surface area (Å²) in [7, 11) is 0. The molecule has 2 N–H and O–H groups in total. The van der Waals surface area contributed by atoms with Crippen molar-refractivity contribution in [2.24, 2.45) is 0 Å². The summed E-state index contributed by atoms with van der Waals surface area (Å²) in [5.74, 6) is -1.55. The van der Waals surface area contributed by atoms with Crippen LogP contribution in [0.2, 0.25) is 0 Å². The van der Waals surface area contributed by atoms with Crippen LogP contribution in [0.5, 0.6) is 0 Å². The molecule has 0 aliphatic carbocycles. The summed E-state index contributed by atoms with van der Waals surface area (Å²) < 4.78 is 26.8. The minimum atomic E-state index is -0.806. The number of nitrogens with zero attached hydrogens (tertiary/aromatic N) is 3. The minimum absolute atomic E-state index is 0.155. The standard InChI is InChI=1S/C13H20F2N4/c1-3-9(2)18-4-6-19(7-5-18)13-11(15)8-10(14)12(16)17-13/h8-9H,3-7H2,1-2H3,(H2,16,17). The molecule has 0 amide bonds. The summed E-state index contributed by atoms with van der Waals surface area (Å²) in [6, 6.07) is 1.33. The molecule has 1 aliphatic heterocycles. The molecule has 0 saturated carbocycles. The zero-order chi connectivity index (χ0) is 14.0. The van der Waals surface area contributed by atoms with Crippen LogP contribution < -0.4 is 10.6 Å². The van der Waals surface area contributed by atoms with Crippen LogP contribution in [-0.2, 0) is 0 Å². The maximum Gasteiger partial charge on any atom is 0.168 e. The van der Waals surface area contributed by atoms with Gasteiger partial charge in [-0.15, -0.1) is 0 Å². The molecular weight excluding hydrogens is 250 g/mol. The number of nitrogen functional groups attached to an aromatic ring is 1. The van der Waals surface area contributed by atoms with E-state index in [-0.39, 0.29) is 11.6 Å². The van der Waals surface area contributed by atoms with Crippen LogP contribution in [0.15, 0.2) is 6.07 Å². The molecule has 19 heavy (non-hydrogen) atoms. The average Bonchev–Trinajstić information content (AvgIpc) is 2.42. The van der Waals surface area contributed by atoms with Crippen LogP contribution in [0.25, 0.3) is 0 Å². The molecule has 0 aromatic carbocycles. The lowest BCUT2D eigenvalue weighted by atomic mass is 10.2. The molecule has 2 rings (SSSR count). The zero-order valence-electron chi connectivity index (χ0n) is 11.4. The maximum absolute atomic E-state index is 13.7. The predicted molar refractivity (Wildman–Crippen MR) is 72.1 cm³/mol. The van der Waals surface area contributed by atoms with Gasteiger partial charge in [0.15, 0.2) is 23.3 Å². The van der Waals surface area contributed by atoms with Gasteiger partial charge in [0, 0.05) is 38.3 Å². The van der Waals surface area contributed by atoms with E-state index in [0.717, 1.165) is 25.6 Å². The number of piperazine rings is 1. The van der Waals surface area contributed by atoms with E-state index in [2.05, 4.69) is 23.7 Å². The molecule has 0 radical (unpaired) electrons. The van der Waals surface area contributed by atoms with Gasteiger partial charge in [-0.1, -0.05) is 6.92 Å². The molecular formula is C13H20F2N4. The molecule has 1 aromatic heterocycles. The molecule has 0 spiro atoms. The molecule has 1 unspecified atom stereocenters. The van der Waals surface area contributed by atoms with Crippen molar-refractivity contribution in [1.29, 1.82) is 0 Å². The Bertz CT molecular complexity index is 445. The fraction of sp³-hybridized carbons (Fsp3) is 0.615. The van der Waals surface area contributed by atoms with E-state index >= 15 is 0 Å². The number of anilines is 2. The first kappa shape index (κ1) is 14.0. The van der Waals surface area contributed by atoms with Gasteiger partial charge < -0.3 is 10.6 Å². The number of pyridine rings is 1. The van der Waals surface area contributed by atoms with Gasteiger partial charge in [-0.25, -0.2) is 13.8 Å². The van der Waals surface area contributed by atoms with Crippen molar-refractivity contribution in [3.8, 4) is 0 Å². The first-order valence-electron chi connectivity index (χ1n) is 6.63. The van der Waals surface area contributed by atoms with Crippen LogP contribution in [0.1, 0.15) is 20.3 Å². The van der Waals surface area contributed by atoms with Crippen molar-refractivity contribution < 1.29 is 8.78 Å². The van der Waals surface area contributed by atoms with Crippen molar-refractivity contribution in [3.05, 3.63) is 17.7 Å². The van der Waals surface area contributed by atoms with E-state index in [1.807, 2.05) is 4.90 Å². The summed E-state index contributed by atoms with van der Waals surface area (Å²) in [6.07, 6.45) is 1.09. The molecule has 106 valence electrons. The lowest BCUT2D eigenvalue weighted by Gasteiger charge is -2.38. The molecule has 1 saturated heterocycles. The smallest absolute Gasteiger partial charge is 0.168 e. The Labute approximate surface area is 112 Å². The van der Waals surface area contributed by atoms with Crippen molar-refractivity contribution in [2.45, 2.75) is 26.3 Å². The van der Waals surface area contributed by atoms with E-state index in [1.165, 1.54) is 0 Å². The highest BCUT2D eigenvalue weighted by Gasteiger charge is 2.23. The lowest BCUT2D eigenvalue weighted by Crippen LogP contribution is -2.50.